The van der Waals surface area contributed by atoms with Crippen molar-refractivity contribution < 1.29 is 9.47 Å². The van der Waals surface area contributed by atoms with Crippen LogP contribution in [0.2, 0.25) is 0 Å². The Balaban J connectivity index is 2.02. The molecule has 0 amide bonds. The zero-order valence-electron chi connectivity index (χ0n) is 10.1. The molecule has 1 N–H and O–H groups in total. The molecule has 94 valence electrons. The molecule has 1 saturated heterocycles. The molecule has 18 heavy (non-hydrogen) atoms. The van der Waals surface area contributed by atoms with Crippen LogP contribution in [0, 0.1) is 11.3 Å². The van der Waals surface area contributed by atoms with E-state index in [9.17, 15) is 0 Å². The number of nitrogens with zero attached hydrogens (tertiary/aromatic N) is 2. The Morgan fingerprint density at radius 2 is 1.83 bits per heavy atom. The molecule has 0 spiro atoms. The van der Waals surface area contributed by atoms with Gasteiger partial charge < -0.3 is 19.7 Å². The Labute approximate surface area is 106 Å². The first kappa shape index (κ1) is 11.2. The summed E-state index contributed by atoms with van der Waals surface area (Å²) in [5, 5.41) is 12.4. The van der Waals surface area contributed by atoms with E-state index in [0.717, 1.165) is 37.6 Å². The first-order valence-corrected chi connectivity index (χ1v) is 6.18. The SMILES string of the molecule is N#Cc1ccc(N2CCNCC2)c2c1OCCO2. The van der Waals surface area contributed by atoms with Crippen LogP contribution in [0.25, 0.3) is 0 Å². The summed E-state index contributed by atoms with van der Waals surface area (Å²) < 4.78 is 11.3. The third-order valence-corrected chi connectivity index (χ3v) is 3.25. The van der Waals surface area contributed by atoms with Crippen LogP contribution in [-0.4, -0.2) is 39.4 Å². The Bertz CT molecular complexity index is 490. The quantitative estimate of drug-likeness (QED) is 0.790. The molecule has 2 aliphatic rings. The lowest BCUT2D eigenvalue weighted by molar-refractivity contribution is 0.171. The lowest BCUT2D eigenvalue weighted by Crippen LogP contribution is -2.43. The maximum absolute atomic E-state index is 9.09. The Morgan fingerprint density at radius 1 is 1.11 bits per heavy atom. The molecule has 2 heterocycles. The van der Waals surface area contributed by atoms with E-state index in [1.54, 1.807) is 0 Å². The number of piperazine rings is 1. The molecule has 5 heteroatoms. The average molecular weight is 245 g/mol. The maximum Gasteiger partial charge on any atom is 0.186 e. The molecule has 0 radical (unpaired) electrons. The van der Waals surface area contributed by atoms with Gasteiger partial charge in [-0.2, -0.15) is 5.26 Å². The first-order valence-electron chi connectivity index (χ1n) is 6.18. The average Bonchev–Trinajstić information content (AvgIpc) is 2.47. The second kappa shape index (κ2) is 4.75. The van der Waals surface area contributed by atoms with Crippen LogP contribution in [0.1, 0.15) is 5.56 Å². The minimum atomic E-state index is 0.507. The predicted molar refractivity (Wildman–Crippen MR) is 67.2 cm³/mol. The molecule has 0 unspecified atom stereocenters. The third kappa shape index (κ3) is 1.85. The fourth-order valence-electron chi connectivity index (χ4n) is 2.37. The number of nitrogens with one attached hydrogen (secondary N) is 1. The summed E-state index contributed by atoms with van der Waals surface area (Å²) in [6, 6.07) is 5.92. The van der Waals surface area contributed by atoms with Gasteiger partial charge in [-0.3, -0.25) is 0 Å². The zero-order valence-corrected chi connectivity index (χ0v) is 10.1. The Hall–Kier alpha value is -1.93. The van der Waals surface area contributed by atoms with Gasteiger partial charge in [-0.15, -0.1) is 0 Å². The van der Waals surface area contributed by atoms with Crippen LogP contribution in [0.15, 0.2) is 12.1 Å². The monoisotopic (exact) mass is 245 g/mol. The number of benzene rings is 1. The van der Waals surface area contributed by atoms with Crippen molar-refractivity contribution in [2.24, 2.45) is 0 Å². The number of anilines is 1. The van der Waals surface area contributed by atoms with Crippen molar-refractivity contribution in [3.8, 4) is 17.6 Å². The summed E-state index contributed by atoms with van der Waals surface area (Å²) in [5.74, 6) is 1.32. The summed E-state index contributed by atoms with van der Waals surface area (Å²) in [5.41, 5.74) is 1.58. The summed E-state index contributed by atoms with van der Waals surface area (Å²) in [6.07, 6.45) is 0. The number of rotatable bonds is 1. The van der Waals surface area contributed by atoms with Gasteiger partial charge in [0.2, 0.25) is 0 Å². The van der Waals surface area contributed by atoms with Crippen LogP contribution < -0.4 is 19.7 Å². The minimum Gasteiger partial charge on any atom is -0.485 e. The molecule has 0 bridgehead atoms. The Morgan fingerprint density at radius 3 is 2.56 bits per heavy atom. The number of hydrogen-bond acceptors (Lipinski definition) is 5. The van der Waals surface area contributed by atoms with E-state index < -0.39 is 0 Å². The second-order valence-corrected chi connectivity index (χ2v) is 4.34. The molecule has 0 saturated carbocycles. The van der Waals surface area contributed by atoms with Crippen LogP contribution in [-0.2, 0) is 0 Å². The fraction of sp³-hybridized carbons (Fsp3) is 0.462. The van der Waals surface area contributed by atoms with Gasteiger partial charge in [0.05, 0.1) is 11.3 Å². The van der Waals surface area contributed by atoms with E-state index >= 15 is 0 Å². The molecule has 1 aromatic carbocycles. The largest absolute Gasteiger partial charge is 0.485 e. The van der Waals surface area contributed by atoms with Gasteiger partial charge in [0.25, 0.3) is 0 Å². The number of hydrogen-bond donors (Lipinski definition) is 1. The highest BCUT2D eigenvalue weighted by atomic mass is 16.6. The van der Waals surface area contributed by atoms with Gasteiger partial charge in [-0.1, -0.05) is 0 Å². The zero-order chi connectivity index (χ0) is 12.4. The van der Waals surface area contributed by atoms with Gasteiger partial charge in [-0.05, 0) is 12.1 Å². The molecule has 3 rings (SSSR count). The lowest BCUT2D eigenvalue weighted by atomic mass is 10.1. The molecule has 2 aliphatic heterocycles. The molecular formula is C13H15N3O2. The minimum absolute atomic E-state index is 0.507. The van der Waals surface area contributed by atoms with Crippen LogP contribution in [0.3, 0.4) is 0 Å². The Kier molecular flexibility index (Phi) is 2.95. The van der Waals surface area contributed by atoms with Crippen molar-refractivity contribution in [3.05, 3.63) is 17.7 Å². The highest BCUT2D eigenvalue weighted by Crippen LogP contribution is 2.42. The fourth-order valence-corrected chi connectivity index (χ4v) is 2.37. The third-order valence-electron chi connectivity index (χ3n) is 3.25. The highest BCUT2D eigenvalue weighted by Gasteiger charge is 2.24. The summed E-state index contributed by atoms with van der Waals surface area (Å²) in [7, 11) is 0. The molecule has 0 atom stereocenters. The van der Waals surface area contributed by atoms with Crippen LogP contribution in [0.5, 0.6) is 11.5 Å². The predicted octanol–water partition coefficient (Wildman–Crippen LogP) is 0.739. The van der Waals surface area contributed by atoms with Gasteiger partial charge >= 0.3 is 0 Å². The second-order valence-electron chi connectivity index (χ2n) is 4.34. The lowest BCUT2D eigenvalue weighted by Gasteiger charge is -2.32. The topological polar surface area (TPSA) is 57.5 Å². The molecule has 0 aliphatic carbocycles. The number of ether oxygens (including phenoxy) is 2. The first-order chi connectivity index (χ1) is 8.90. The normalized spacial score (nSPS) is 18.3. The van der Waals surface area contributed by atoms with Crippen LogP contribution >= 0.6 is 0 Å². The van der Waals surface area contributed by atoms with Crippen molar-refractivity contribution in [3.63, 3.8) is 0 Å². The van der Waals surface area contributed by atoms with E-state index in [4.69, 9.17) is 14.7 Å². The number of nitriles is 1. The van der Waals surface area contributed by atoms with Crippen molar-refractivity contribution in [1.29, 1.82) is 5.26 Å². The summed E-state index contributed by atoms with van der Waals surface area (Å²) in [4.78, 5) is 2.27. The van der Waals surface area contributed by atoms with E-state index in [1.165, 1.54) is 0 Å². The van der Waals surface area contributed by atoms with Gasteiger partial charge in [0.15, 0.2) is 11.5 Å². The number of fused-ring (bicyclic) bond motifs is 1. The van der Waals surface area contributed by atoms with Gasteiger partial charge in [-0.25, -0.2) is 0 Å². The van der Waals surface area contributed by atoms with Crippen molar-refractivity contribution >= 4 is 5.69 Å². The molecular weight excluding hydrogens is 230 g/mol. The van der Waals surface area contributed by atoms with Crippen molar-refractivity contribution in [1.82, 2.24) is 5.32 Å². The van der Waals surface area contributed by atoms with E-state index in [1.807, 2.05) is 12.1 Å². The van der Waals surface area contributed by atoms with Crippen molar-refractivity contribution in [2.45, 2.75) is 0 Å². The van der Waals surface area contributed by atoms with Crippen LogP contribution in [0.4, 0.5) is 5.69 Å². The van der Waals surface area contributed by atoms with E-state index in [2.05, 4.69) is 16.3 Å². The standard InChI is InChI=1S/C13H15N3O2/c14-9-10-1-2-11(16-5-3-15-4-6-16)13-12(10)17-7-8-18-13/h1-2,15H,3-8H2. The van der Waals surface area contributed by atoms with Gasteiger partial charge in [0, 0.05) is 26.2 Å². The molecule has 0 aromatic heterocycles. The molecule has 1 fully saturated rings. The maximum atomic E-state index is 9.09. The van der Waals surface area contributed by atoms with E-state index in [-0.39, 0.29) is 0 Å². The van der Waals surface area contributed by atoms with E-state index in [0.29, 0.717) is 24.5 Å². The summed E-state index contributed by atoms with van der Waals surface area (Å²) in [6.45, 7) is 4.88. The smallest absolute Gasteiger partial charge is 0.186 e. The van der Waals surface area contributed by atoms with Gasteiger partial charge in [0.1, 0.15) is 19.3 Å². The summed E-state index contributed by atoms with van der Waals surface area (Å²) >= 11 is 0. The highest BCUT2D eigenvalue weighted by molar-refractivity contribution is 5.69. The molecule has 1 aromatic rings. The van der Waals surface area contributed by atoms with Crippen molar-refractivity contribution in [2.75, 3.05) is 44.3 Å². The molecule has 5 nitrogen and oxygen atoms in total.